The third-order valence-electron chi connectivity index (χ3n) is 18.6. The van der Waals surface area contributed by atoms with Crippen LogP contribution in [-0.4, -0.2) is 192 Å². The van der Waals surface area contributed by atoms with E-state index in [9.17, 15) is 23.6 Å². The van der Waals surface area contributed by atoms with Gasteiger partial charge in [-0.25, -0.2) is 19.6 Å². The zero-order chi connectivity index (χ0) is 58.9. The minimum atomic E-state index is -4.61. The highest BCUT2D eigenvalue weighted by Crippen LogP contribution is 2.58. The monoisotopic (exact) mass is 1190 g/mol. The first-order valence-corrected chi connectivity index (χ1v) is 30.8. The Morgan fingerprint density at radius 2 is 1.76 bits per heavy atom. The number of aromatic nitrogens is 3. The van der Waals surface area contributed by atoms with Crippen LogP contribution in [0.2, 0.25) is 0 Å². The lowest BCUT2D eigenvalue weighted by atomic mass is 9.67. The highest BCUT2D eigenvalue weighted by Gasteiger charge is 2.58. The summed E-state index contributed by atoms with van der Waals surface area (Å²) in [7, 11) is 5.26. The number of likely N-dealkylation sites (tertiary alicyclic amines) is 2. The van der Waals surface area contributed by atoms with Gasteiger partial charge in [-0.2, -0.15) is 13.2 Å². The van der Waals surface area contributed by atoms with Gasteiger partial charge in [-0.3, -0.25) is 29.2 Å². The molecule has 1 aromatic carbocycles. The third-order valence-corrected chi connectivity index (χ3v) is 21.0. The number of piperazine rings is 1. The Labute approximate surface area is 489 Å². The fourth-order valence-corrected chi connectivity index (χ4v) is 16.2. The Morgan fingerprint density at radius 1 is 1.02 bits per heavy atom. The van der Waals surface area contributed by atoms with Gasteiger partial charge in [0.15, 0.2) is 0 Å². The quantitative estimate of drug-likeness (QED) is 0.0951. The van der Waals surface area contributed by atoms with Gasteiger partial charge in [0, 0.05) is 130 Å². The number of urea groups is 1. The molecular weight excluding hydrogens is 1110 g/mol. The number of methoxy groups -OCH3 is 1. The molecule has 7 aliphatic rings. The molecule has 2 unspecified atom stereocenters. The molecule has 24 heteroatoms. The van der Waals surface area contributed by atoms with Crippen molar-refractivity contribution in [2.45, 2.75) is 108 Å². The van der Waals surface area contributed by atoms with Crippen molar-refractivity contribution in [3.63, 3.8) is 0 Å². The highest BCUT2D eigenvalue weighted by atomic mass is 32.2. The number of halogens is 4. The van der Waals surface area contributed by atoms with Gasteiger partial charge in [-0.05, 0) is 80.3 Å². The SMILES string of the molecule is CO[C@@H]1c2ncc(N3CCN(C)CC3)cc2-c2c3c4cc(ccc4n2CC(F)(F)F)-c2csc(n2)C[C@@]2(CSC2NC(=O)[C@H](C(C)C)N(C)C(=O)N2CCC4(CCN(C(=O)/C=C/CF)C4)CC2)C(=O)N2CCC[C@H](N2)C(=O)OCC(C)(C)C31. The minimum Gasteiger partial charge on any atom is -0.464 e. The fraction of sp³-hybridized carbons (Fsp3) is 0.610. The predicted octanol–water partition coefficient (Wildman–Crippen LogP) is 7.64. The van der Waals surface area contributed by atoms with Gasteiger partial charge in [0.2, 0.25) is 17.7 Å². The number of hydrogen-bond donors (Lipinski definition) is 2. The zero-order valence-electron chi connectivity index (χ0n) is 48.2. The molecule has 6 bridgehead atoms. The molecule has 5 saturated heterocycles. The third kappa shape index (κ3) is 11.1. The molecular formula is C59H75F4N11O7S2. The molecule has 18 nitrogen and oxygen atoms in total. The van der Waals surface area contributed by atoms with Gasteiger partial charge in [0.05, 0.1) is 51.4 Å². The molecule has 2 spiro atoms. The smallest absolute Gasteiger partial charge is 0.406 e. The van der Waals surface area contributed by atoms with Crippen LogP contribution in [0, 0.1) is 22.2 Å². The van der Waals surface area contributed by atoms with E-state index in [0.29, 0.717) is 107 Å². The molecule has 9 heterocycles. The van der Waals surface area contributed by atoms with E-state index in [0.717, 1.165) is 38.3 Å². The molecule has 5 fully saturated rings. The number of hydrogen-bond acceptors (Lipinski definition) is 14. The molecule has 2 N–H and O–H groups in total. The average molecular weight is 1190 g/mol. The molecule has 6 aliphatic heterocycles. The van der Waals surface area contributed by atoms with Crippen LogP contribution in [0.5, 0.6) is 0 Å². The lowest BCUT2D eigenvalue weighted by Gasteiger charge is -2.50. The van der Waals surface area contributed by atoms with Gasteiger partial charge in [0.1, 0.15) is 31.4 Å². The first-order valence-electron chi connectivity index (χ1n) is 28.9. The number of likely N-dealkylation sites (N-methyl/N-ethyl adjacent to an activating group) is 2. The topological polar surface area (TPSA) is 178 Å². The molecule has 0 radical (unpaired) electrons. The predicted molar refractivity (Wildman–Crippen MR) is 309 cm³/mol. The summed E-state index contributed by atoms with van der Waals surface area (Å²) < 4.78 is 72.0. The summed E-state index contributed by atoms with van der Waals surface area (Å²) in [5.74, 6) is -2.26. The van der Waals surface area contributed by atoms with Crippen molar-refractivity contribution in [1.82, 2.24) is 49.9 Å². The van der Waals surface area contributed by atoms with Crippen molar-refractivity contribution in [2.24, 2.45) is 22.2 Å². The van der Waals surface area contributed by atoms with E-state index in [1.54, 1.807) is 42.3 Å². The Morgan fingerprint density at radius 3 is 2.43 bits per heavy atom. The number of amides is 5. The summed E-state index contributed by atoms with van der Waals surface area (Å²) in [5.41, 5.74) is 5.25. The van der Waals surface area contributed by atoms with E-state index in [4.69, 9.17) is 19.4 Å². The maximum atomic E-state index is 15.4. The van der Waals surface area contributed by atoms with Crippen molar-refractivity contribution in [3.05, 3.63) is 64.3 Å². The Bertz CT molecular complexity index is 3190. The minimum absolute atomic E-state index is 0.109. The number of carbonyl (C=O) groups excluding carboxylic acids is 5. The van der Waals surface area contributed by atoms with Gasteiger partial charge >= 0.3 is 18.2 Å². The molecule has 0 saturated carbocycles. The Kier molecular flexibility index (Phi) is 16.2. The number of piperidine rings is 1. The summed E-state index contributed by atoms with van der Waals surface area (Å²) in [6.45, 7) is 10.8. The Hall–Kier alpha value is -5.82. The fourth-order valence-electron chi connectivity index (χ4n) is 14.0. The van der Waals surface area contributed by atoms with Crippen LogP contribution in [0.1, 0.15) is 88.1 Å². The standard InChI is InChI=1S/C59H75F4N11O7S2/c1-35(2)48(69(6)55(79)71-19-14-57(15-20-71)16-21-72(31-57)44(75)11-8-17-60)51(76)66-53-58(34-83-53)28-43-65-41(30-82-43)36-12-13-42-38(26-36)45-46(56(3,4)33-81-52(77)40-10-9-18-74(67-40)54(58)78)50(80-7)47-39(49(45)73(42)32-59(61,62)63)27-37(29-64-47)70-24-22-68(5)23-25-70/h8,11-13,26-27,29-30,35,40,46,48,50,53,67H,9-10,14-25,28,31-34H2,1-7H3,(H,66,76)/b11-8+/t40-,46?,48-,50-,53?,58-/m0/s1. The number of fused-ring (bicyclic) bond motifs is 8. The van der Waals surface area contributed by atoms with Crippen LogP contribution in [0.25, 0.3) is 33.4 Å². The maximum absolute atomic E-state index is 15.4. The summed E-state index contributed by atoms with van der Waals surface area (Å²) in [6, 6.07) is 5.20. The number of carbonyl (C=O) groups is 5. The lowest BCUT2D eigenvalue weighted by Crippen LogP contribution is -2.68. The number of benzene rings is 1. The van der Waals surface area contributed by atoms with E-state index in [1.807, 2.05) is 45.2 Å². The van der Waals surface area contributed by atoms with Crippen LogP contribution >= 0.6 is 23.1 Å². The number of nitrogens with one attached hydrogen (secondary N) is 2. The summed E-state index contributed by atoms with van der Waals surface area (Å²) in [4.78, 5) is 91.2. The first-order chi connectivity index (χ1) is 39.5. The number of thioether (sulfide) groups is 1. The summed E-state index contributed by atoms with van der Waals surface area (Å²) in [5, 5.41) is 6.97. The van der Waals surface area contributed by atoms with E-state index < -0.39 is 71.6 Å². The normalized spacial score (nSPS) is 25.9. The number of nitrogens with zero attached hydrogens (tertiary/aromatic N) is 9. The molecule has 448 valence electrons. The van der Waals surface area contributed by atoms with E-state index >= 15 is 18.0 Å². The van der Waals surface area contributed by atoms with Crippen molar-refractivity contribution in [1.29, 1.82) is 0 Å². The van der Waals surface area contributed by atoms with Crippen LogP contribution in [-0.2, 0) is 41.6 Å². The van der Waals surface area contributed by atoms with Crippen LogP contribution in [0.4, 0.5) is 28.0 Å². The number of thiazole rings is 1. The summed E-state index contributed by atoms with van der Waals surface area (Å²) >= 11 is 2.76. The second-order valence-electron chi connectivity index (χ2n) is 24.9. The number of pyridine rings is 1. The van der Waals surface area contributed by atoms with E-state index in [2.05, 4.69) is 27.6 Å². The molecule has 4 aromatic rings. The number of allylic oxidation sites excluding steroid dienone is 1. The Balaban J connectivity index is 0.923. The highest BCUT2D eigenvalue weighted by molar-refractivity contribution is 8.01. The zero-order valence-corrected chi connectivity index (χ0v) is 49.9. The number of rotatable bonds is 9. The molecule has 11 rings (SSSR count). The molecule has 5 amide bonds. The van der Waals surface area contributed by atoms with Gasteiger partial charge in [-0.15, -0.1) is 23.1 Å². The largest absolute Gasteiger partial charge is 0.464 e. The number of esters is 1. The van der Waals surface area contributed by atoms with Crippen molar-refractivity contribution < 1.29 is 51.0 Å². The van der Waals surface area contributed by atoms with Crippen LogP contribution in [0.3, 0.4) is 0 Å². The van der Waals surface area contributed by atoms with Gasteiger partial charge in [0.25, 0.3) is 0 Å². The number of ether oxygens (including phenoxy) is 2. The first kappa shape index (κ1) is 58.9. The molecule has 83 heavy (non-hydrogen) atoms. The van der Waals surface area contributed by atoms with Crippen LogP contribution in [0.15, 0.2) is 48.0 Å². The number of anilines is 1. The molecule has 6 atom stereocenters. The number of hydrazine groups is 1. The second kappa shape index (κ2) is 22.9. The van der Waals surface area contributed by atoms with Crippen molar-refractivity contribution in [2.75, 3.05) is 104 Å². The summed E-state index contributed by atoms with van der Waals surface area (Å²) in [6.07, 6.45) is 1.98. The van der Waals surface area contributed by atoms with Crippen molar-refractivity contribution >= 4 is 69.4 Å². The van der Waals surface area contributed by atoms with E-state index in [-0.39, 0.29) is 48.8 Å². The lowest BCUT2D eigenvalue weighted by molar-refractivity contribution is -0.159. The van der Waals surface area contributed by atoms with Gasteiger partial charge < -0.3 is 43.9 Å². The van der Waals surface area contributed by atoms with Gasteiger partial charge in [-0.1, -0.05) is 33.8 Å². The molecule has 3 aromatic heterocycles. The number of alkyl halides is 4. The van der Waals surface area contributed by atoms with Crippen molar-refractivity contribution in [3.8, 4) is 22.5 Å². The molecule has 1 aliphatic carbocycles. The second-order valence-corrected chi connectivity index (χ2v) is 27.0. The number of cyclic esters (lactones) is 1. The van der Waals surface area contributed by atoms with E-state index in [1.165, 1.54) is 49.7 Å². The van der Waals surface area contributed by atoms with Crippen LogP contribution < -0.4 is 15.6 Å². The maximum Gasteiger partial charge on any atom is 0.406 e. The average Bonchev–Trinajstić information content (AvgIpc) is 1.73.